The largest absolute Gasteiger partial charge is 0.348 e. The van der Waals surface area contributed by atoms with E-state index >= 15 is 0 Å². The van der Waals surface area contributed by atoms with E-state index in [4.69, 9.17) is 0 Å². The van der Waals surface area contributed by atoms with Crippen LogP contribution in [0.2, 0.25) is 0 Å². The van der Waals surface area contributed by atoms with E-state index in [1.54, 1.807) is 6.92 Å². The van der Waals surface area contributed by atoms with Crippen molar-refractivity contribution in [2.45, 2.75) is 25.4 Å². The molecule has 0 spiro atoms. The standard InChI is InChI=1S/C20H19FN4O5/c1-12(13-6-8-15(21)9-7-13)22-17(26)11-24-18(27)20(2,23-19(24)28)14-4-3-5-16(10-14)25(29)30/h3-10,12H,11H2,1-2H3,(H,22,26)(H,23,28). The number of imide groups is 1. The molecule has 1 heterocycles. The first-order valence-corrected chi connectivity index (χ1v) is 9.05. The van der Waals surface area contributed by atoms with Gasteiger partial charge in [0.25, 0.3) is 11.6 Å². The highest BCUT2D eigenvalue weighted by Gasteiger charge is 2.49. The van der Waals surface area contributed by atoms with Gasteiger partial charge in [0.15, 0.2) is 0 Å². The van der Waals surface area contributed by atoms with Gasteiger partial charge in [-0.2, -0.15) is 0 Å². The second kappa shape index (κ2) is 7.90. The third kappa shape index (κ3) is 3.97. The fourth-order valence-electron chi connectivity index (χ4n) is 3.23. The molecule has 9 nitrogen and oxygen atoms in total. The Hall–Kier alpha value is -3.82. The first-order valence-electron chi connectivity index (χ1n) is 9.05. The molecule has 0 radical (unpaired) electrons. The number of carbonyl (C=O) groups is 3. The third-order valence-electron chi connectivity index (χ3n) is 4.96. The number of halogens is 1. The molecule has 0 aromatic heterocycles. The Kier molecular flexibility index (Phi) is 5.50. The molecule has 1 aliphatic heterocycles. The summed E-state index contributed by atoms with van der Waals surface area (Å²) in [4.78, 5) is 48.8. The fourth-order valence-corrected chi connectivity index (χ4v) is 3.23. The molecule has 2 unspecified atom stereocenters. The molecular formula is C20H19FN4O5. The lowest BCUT2D eigenvalue weighted by Gasteiger charge is -2.22. The number of urea groups is 1. The van der Waals surface area contributed by atoms with Gasteiger partial charge >= 0.3 is 6.03 Å². The molecule has 4 amide bonds. The number of nitrogens with one attached hydrogen (secondary N) is 2. The van der Waals surface area contributed by atoms with Gasteiger partial charge in [-0.25, -0.2) is 9.18 Å². The molecule has 0 saturated carbocycles. The number of nitro groups is 1. The van der Waals surface area contributed by atoms with Crippen LogP contribution in [0.4, 0.5) is 14.9 Å². The van der Waals surface area contributed by atoms with Crippen LogP contribution in [0.3, 0.4) is 0 Å². The number of benzene rings is 2. The lowest BCUT2D eigenvalue weighted by molar-refractivity contribution is -0.385. The van der Waals surface area contributed by atoms with Crippen molar-refractivity contribution in [3.63, 3.8) is 0 Å². The van der Waals surface area contributed by atoms with Gasteiger partial charge in [-0.3, -0.25) is 24.6 Å². The lowest BCUT2D eigenvalue weighted by atomic mass is 9.91. The fraction of sp³-hybridized carbons (Fsp3) is 0.250. The Balaban J connectivity index is 1.73. The van der Waals surface area contributed by atoms with E-state index in [9.17, 15) is 28.9 Å². The molecular weight excluding hydrogens is 395 g/mol. The summed E-state index contributed by atoms with van der Waals surface area (Å²) in [5.74, 6) is -1.69. The quantitative estimate of drug-likeness (QED) is 0.427. The van der Waals surface area contributed by atoms with Crippen LogP contribution < -0.4 is 10.6 Å². The molecule has 2 atom stereocenters. The monoisotopic (exact) mass is 414 g/mol. The lowest BCUT2D eigenvalue weighted by Crippen LogP contribution is -2.43. The number of rotatable bonds is 6. The highest BCUT2D eigenvalue weighted by atomic mass is 19.1. The Morgan fingerprint density at radius 2 is 1.93 bits per heavy atom. The summed E-state index contributed by atoms with van der Waals surface area (Å²) in [7, 11) is 0. The van der Waals surface area contributed by atoms with Crippen LogP contribution in [0.5, 0.6) is 0 Å². The second-order valence-electron chi connectivity index (χ2n) is 7.09. The molecule has 3 rings (SSSR count). The molecule has 0 aliphatic carbocycles. The Bertz CT molecular complexity index is 1030. The number of hydrogen-bond donors (Lipinski definition) is 2. The van der Waals surface area contributed by atoms with Crippen molar-refractivity contribution in [2.24, 2.45) is 0 Å². The smallest absolute Gasteiger partial charge is 0.325 e. The van der Waals surface area contributed by atoms with Crippen LogP contribution in [-0.4, -0.2) is 34.2 Å². The zero-order chi connectivity index (χ0) is 22.1. The van der Waals surface area contributed by atoms with Crippen LogP contribution in [0.15, 0.2) is 48.5 Å². The van der Waals surface area contributed by atoms with Gasteiger partial charge in [-0.15, -0.1) is 0 Å². The molecule has 156 valence electrons. The molecule has 1 aliphatic rings. The van der Waals surface area contributed by atoms with E-state index in [0.29, 0.717) is 5.56 Å². The number of carbonyl (C=O) groups excluding carboxylic acids is 3. The van der Waals surface area contributed by atoms with Crippen LogP contribution in [-0.2, 0) is 15.1 Å². The minimum Gasteiger partial charge on any atom is -0.348 e. The van der Waals surface area contributed by atoms with E-state index in [0.717, 1.165) is 4.90 Å². The molecule has 1 fully saturated rings. The molecule has 2 N–H and O–H groups in total. The summed E-state index contributed by atoms with van der Waals surface area (Å²) < 4.78 is 13.0. The summed E-state index contributed by atoms with van der Waals surface area (Å²) >= 11 is 0. The van der Waals surface area contributed by atoms with Gasteiger partial charge in [0.2, 0.25) is 5.91 Å². The van der Waals surface area contributed by atoms with Crippen molar-refractivity contribution in [3.05, 3.63) is 75.6 Å². The number of non-ortho nitro benzene ring substituents is 1. The maximum absolute atomic E-state index is 13.0. The van der Waals surface area contributed by atoms with E-state index < -0.39 is 46.7 Å². The van der Waals surface area contributed by atoms with Gasteiger partial charge in [-0.05, 0) is 37.1 Å². The maximum atomic E-state index is 13.0. The van der Waals surface area contributed by atoms with Crippen molar-refractivity contribution >= 4 is 23.5 Å². The van der Waals surface area contributed by atoms with Gasteiger partial charge in [0.1, 0.15) is 17.9 Å². The minimum absolute atomic E-state index is 0.222. The average molecular weight is 414 g/mol. The van der Waals surface area contributed by atoms with Crippen LogP contribution in [0.1, 0.15) is 31.0 Å². The number of amides is 4. The molecule has 2 aromatic carbocycles. The van der Waals surface area contributed by atoms with Crippen molar-refractivity contribution < 1.29 is 23.7 Å². The molecule has 10 heteroatoms. The maximum Gasteiger partial charge on any atom is 0.325 e. The van der Waals surface area contributed by atoms with Crippen LogP contribution >= 0.6 is 0 Å². The summed E-state index contributed by atoms with van der Waals surface area (Å²) in [6.45, 7) is 2.58. The van der Waals surface area contributed by atoms with Gasteiger partial charge < -0.3 is 10.6 Å². The summed E-state index contributed by atoms with van der Waals surface area (Å²) in [5.41, 5.74) is -0.868. The summed E-state index contributed by atoms with van der Waals surface area (Å²) in [5, 5.41) is 16.2. The highest BCUT2D eigenvalue weighted by Crippen LogP contribution is 2.30. The molecule has 2 aromatic rings. The Morgan fingerprint density at radius 3 is 2.57 bits per heavy atom. The van der Waals surface area contributed by atoms with E-state index in [-0.39, 0.29) is 11.3 Å². The highest BCUT2D eigenvalue weighted by molar-refractivity contribution is 6.09. The minimum atomic E-state index is -1.54. The topological polar surface area (TPSA) is 122 Å². The first-order chi connectivity index (χ1) is 14.1. The summed E-state index contributed by atoms with van der Waals surface area (Å²) in [6.07, 6.45) is 0. The summed E-state index contributed by atoms with van der Waals surface area (Å²) in [6, 6.07) is 9.71. The Labute approximate surface area is 171 Å². The molecule has 30 heavy (non-hydrogen) atoms. The predicted molar refractivity (Wildman–Crippen MR) is 104 cm³/mol. The van der Waals surface area contributed by atoms with Crippen molar-refractivity contribution in [3.8, 4) is 0 Å². The zero-order valence-corrected chi connectivity index (χ0v) is 16.2. The van der Waals surface area contributed by atoms with Gasteiger partial charge in [0, 0.05) is 12.1 Å². The number of nitrogens with zero attached hydrogens (tertiary/aromatic N) is 2. The van der Waals surface area contributed by atoms with Crippen LogP contribution in [0, 0.1) is 15.9 Å². The number of nitro benzene ring substituents is 1. The van der Waals surface area contributed by atoms with E-state index in [2.05, 4.69) is 10.6 Å². The number of hydrogen-bond acceptors (Lipinski definition) is 5. The van der Waals surface area contributed by atoms with Gasteiger partial charge in [-0.1, -0.05) is 24.3 Å². The third-order valence-corrected chi connectivity index (χ3v) is 4.96. The van der Waals surface area contributed by atoms with Crippen molar-refractivity contribution in [2.75, 3.05) is 6.54 Å². The predicted octanol–water partition coefficient (Wildman–Crippen LogP) is 2.38. The molecule has 0 bridgehead atoms. The van der Waals surface area contributed by atoms with Crippen molar-refractivity contribution in [1.82, 2.24) is 15.5 Å². The van der Waals surface area contributed by atoms with Gasteiger partial charge in [0.05, 0.1) is 11.0 Å². The van der Waals surface area contributed by atoms with E-state index in [1.165, 1.54) is 55.5 Å². The average Bonchev–Trinajstić information content (AvgIpc) is 2.92. The normalized spacial score (nSPS) is 19.4. The zero-order valence-electron chi connectivity index (χ0n) is 16.2. The first kappa shape index (κ1) is 20.9. The second-order valence-corrected chi connectivity index (χ2v) is 7.09. The van der Waals surface area contributed by atoms with Crippen LogP contribution in [0.25, 0.3) is 0 Å². The molecule has 1 saturated heterocycles. The Morgan fingerprint density at radius 1 is 1.27 bits per heavy atom. The SMILES string of the molecule is CC(NC(=O)CN1C(=O)NC(C)(c2cccc([N+](=O)[O-])c2)C1=O)c1ccc(F)cc1. The van der Waals surface area contributed by atoms with Crippen molar-refractivity contribution in [1.29, 1.82) is 0 Å². The van der Waals surface area contributed by atoms with E-state index in [1.807, 2.05) is 0 Å².